The van der Waals surface area contributed by atoms with Crippen molar-refractivity contribution in [3.8, 4) is 0 Å². The van der Waals surface area contributed by atoms with Crippen molar-refractivity contribution in [3.05, 3.63) is 35.8 Å². The van der Waals surface area contributed by atoms with Crippen LogP contribution in [0.5, 0.6) is 0 Å². The van der Waals surface area contributed by atoms with Crippen molar-refractivity contribution in [1.29, 1.82) is 0 Å². The number of H-pyrrole nitrogens is 1. The lowest BCUT2D eigenvalue weighted by Crippen LogP contribution is -2.07. The number of rotatable bonds is 3. The maximum Gasteiger partial charge on any atom is 0.126 e. The third-order valence-corrected chi connectivity index (χ3v) is 2.54. The van der Waals surface area contributed by atoms with Gasteiger partial charge in [0.1, 0.15) is 5.82 Å². The van der Waals surface area contributed by atoms with Crippen molar-refractivity contribution < 1.29 is 0 Å². The summed E-state index contributed by atoms with van der Waals surface area (Å²) < 4.78 is 0. The van der Waals surface area contributed by atoms with Gasteiger partial charge in [0, 0.05) is 11.8 Å². The zero-order chi connectivity index (χ0) is 11.5. The molecule has 0 amide bonds. The van der Waals surface area contributed by atoms with Gasteiger partial charge >= 0.3 is 0 Å². The number of nitrogens with two attached hydrogens (primary N) is 1. The molecule has 4 N–H and O–H groups in total. The molecule has 0 radical (unpaired) electrons. The SMILES string of the molecule is Cc1cc(NC(C)c2cn[nH]c2)ncc1N. The lowest BCUT2D eigenvalue weighted by molar-refractivity contribution is 0.875. The quantitative estimate of drug-likeness (QED) is 0.733. The molecule has 1 atom stereocenters. The van der Waals surface area contributed by atoms with Gasteiger partial charge in [-0.25, -0.2) is 4.98 Å². The Hall–Kier alpha value is -2.04. The number of aryl methyl sites for hydroxylation is 1. The number of hydrogen-bond acceptors (Lipinski definition) is 4. The molecule has 0 aliphatic carbocycles. The third kappa shape index (κ3) is 2.13. The molecule has 0 fully saturated rings. The Labute approximate surface area is 94.1 Å². The van der Waals surface area contributed by atoms with Gasteiger partial charge in [0.25, 0.3) is 0 Å². The van der Waals surface area contributed by atoms with E-state index in [2.05, 4.69) is 27.4 Å². The van der Waals surface area contributed by atoms with E-state index in [4.69, 9.17) is 5.73 Å². The number of nitrogens with one attached hydrogen (secondary N) is 2. The largest absolute Gasteiger partial charge is 0.397 e. The standard InChI is InChI=1S/C11H15N5/c1-7-3-11(13-6-10(7)12)16-8(2)9-4-14-15-5-9/h3-6,8H,12H2,1-2H3,(H,13,16)(H,14,15). The fourth-order valence-electron chi connectivity index (χ4n) is 1.45. The van der Waals surface area contributed by atoms with E-state index in [1.807, 2.05) is 19.2 Å². The van der Waals surface area contributed by atoms with Crippen molar-refractivity contribution in [2.45, 2.75) is 19.9 Å². The molecule has 0 saturated carbocycles. The number of nitrogens with zero attached hydrogens (tertiary/aromatic N) is 2. The van der Waals surface area contributed by atoms with E-state index in [-0.39, 0.29) is 6.04 Å². The molecule has 84 valence electrons. The number of anilines is 2. The topological polar surface area (TPSA) is 79.6 Å². The average Bonchev–Trinajstić information content (AvgIpc) is 2.77. The van der Waals surface area contributed by atoms with Crippen LogP contribution in [-0.2, 0) is 0 Å². The fourth-order valence-corrected chi connectivity index (χ4v) is 1.45. The van der Waals surface area contributed by atoms with Gasteiger partial charge in [-0.1, -0.05) is 0 Å². The maximum atomic E-state index is 5.71. The predicted octanol–water partition coefficient (Wildman–Crippen LogP) is 1.87. The van der Waals surface area contributed by atoms with Gasteiger partial charge < -0.3 is 11.1 Å². The Balaban J connectivity index is 2.12. The summed E-state index contributed by atoms with van der Waals surface area (Å²) in [5.41, 5.74) is 8.54. The molecular formula is C11H15N5. The van der Waals surface area contributed by atoms with Crippen molar-refractivity contribution in [3.63, 3.8) is 0 Å². The first-order chi connectivity index (χ1) is 7.66. The van der Waals surface area contributed by atoms with Crippen LogP contribution < -0.4 is 11.1 Å². The number of aromatic amines is 1. The third-order valence-electron chi connectivity index (χ3n) is 2.54. The van der Waals surface area contributed by atoms with Gasteiger partial charge in [0.05, 0.1) is 24.1 Å². The highest BCUT2D eigenvalue weighted by atomic mass is 15.1. The number of aromatic nitrogens is 3. The number of pyridine rings is 1. The van der Waals surface area contributed by atoms with Gasteiger partial charge in [-0.15, -0.1) is 0 Å². The van der Waals surface area contributed by atoms with Crippen LogP contribution in [0.25, 0.3) is 0 Å². The van der Waals surface area contributed by atoms with Crippen LogP contribution in [0.1, 0.15) is 24.1 Å². The van der Waals surface area contributed by atoms with Crippen molar-refractivity contribution in [2.75, 3.05) is 11.1 Å². The van der Waals surface area contributed by atoms with Crippen LogP contribution in [0.4, 0.5) is 11.5 Å². The van der Waals surface area contributed by atoms with Gasteiger partial charge in [-0.2, -0.15) is 5.10 Å². The van der Waals surface area contributed by atoms with Crippen LogP contribution in [0.15, 0.2) is 24.7 Å². The molecule has 0 saturated heterocycles. The zero-order valence-electron chi connectivity index (χ0n) is 9.36. The Morgan fingerprint density at radius 3 is 2.88 bits per heavy atom. The monoisotopic (exact) mass is 217 g/mol. The van der Waals surface area contributed by atoms with Crippen LogP contribution in [0, 0.1) is 6.92 Å². The Morgan fingerprint density at radius 1 is 1.44 bits per heavy atom. The second-order valence-electron chi connectivity index (χ2n) is 3.82. The molecular weight excluding hydrogens is 202 g/mol. The first-order valence-corrected chi connectivity index (χ1v) is 5.14. The van der Waals surface area contributed by atoms with E-state index in [0.717, 1.165) is 16.9 Å². The molecule has 2 rings (SSSR count). The summed E-state index contributed by atoms with van der Waals surface area (Å²) in [5.74, 6) is 0.820. The molecule has 5 nitrogen and oxygen atoms in total. The highest BCUT2D eigenvalue weighted by Gasteiger charge is 2.07. The van der Waals surface area contributed by atoms with Crippen molar-refractivity contribution in [2.24, 2.45) is 0 Å². The highest BCUT2D eigenvalue weighted by Crippen LogP contribution is 2.19. The lowest BCUT2D eigenvalue weighted by atomic mass is 10.2. The van der Waals surface area contributed by atoms with Gasteiger partial charge in [-0.3, -0.25) is 5.10 Å². The minimum absolute atomic E-state index is 0.161. The molecule has 16 heavy (non-hydrogen) atoms. The van der Waals surface area contributed by atoms with Crippen LogP contribution >= 0.6 is 0 Å². The second kappa shape index (κ2) is 4.22. The van der Waals surface area contributed by atoms with Crippen LogP contribution in [-0.4, -0.2) is 15.2 Å². The summed E-state index contributed by atoms with van der Waals surface area (Å²) in [6.45, 7) is 4.02. The molecule has 2 heterocycles. The zero-order valence-corrected chi connectivity index (χ0v) is 9.36. The van der Waals surface area contributed by atoms with E-state index in [1.54, 1.807) is 12.4 Å². The van der Waals surface area contributed by atoms with E-state index >= 15 is 0 Å². The van der Waals surface area contributed by atoms with Gasteiger partial charge in [0.15, 0.2) is 0 Å². The summed E-state index contributed by atoms with van der Waals surface area (Å²) in [4.78, 5) is 4.22. The van der Waals surface area contributed by atoms with Crippen molar-refractivity contribution >= 4 is 11.5 Å². The van der Waals surface area contributed by atoms with Crippen LogP contribution in [0.3, 0.4) is 0 Å². The summed E-state index contributed by atoms with van der Waals surface area (Å²) >= 11 is 0. The van der Waals surface area contributed by atoms with Gasteiger partial charge in [-0.05, 0) is 25.5 Å². The number of nitrogen functional groups attached to an aromatic ring is 1. The Kier molecular flexibility index (Phi) is 2.76. The summed E-state index contributed by atoms with van der Waals surface area (Å²) in [6.07, 6.45) is 5.32. The summed E-state index contributed by atoms with van der Waals surface area (Å²) in [5, 5.41) is 9.98. The van der Waals surface area contributed by atoms with Crippen molar-refractivity contribution in [1.82, 2.24) is 15.2 Å². The molecule has 0 aliphatic rings. The first-order valence-electron chi connectivity index (χ1n) is 5.14. The second-order valence-corrected chi connectivity index (χ2v) is 3.82. The molecule has 5 heteroatoms. The smallest absolute Gasteiger partial charge is 0.126 e. The normalized spacial score (nSPS) is 12.4. The van der Waals surface area contributed by atoms with E-state index < -0.39 is 0 Å². The van der Waals surface area contributed by atoms with E-state index in [0.29, 0.717) is 5.69 Å². The van der Waals surface area contributed by atoms with Crippen LogP contribution in [0.2, 0.25) is 0 Å². The predicted molar refractivity (Wildman–Crippen MR) is 64.0 cm³/mol. The van der Waals surface area contributed by atoms with Gasteiger partial charge in [0.2, 0.25) is 0 Å². The first kappa shape index (κ1) is 10.5. The molecule has 0 aliphatic heterocycles. The molecule has 0 bridgehead atoms. The lowest BCUT2D eigenvalue weighted by Gasteiger charge is -2.13. The minimum Gasteiger partial charge on any atom is -0.397 e. The summed E-state index contributed by atoms with van der Waals surface area (Å²) in [6, 6.07) is 2.10. The molecule has 2 aromatic rings. The molecule has 1 unspecified atom stereocenters. The molecule has 0 aromatic carbocycles. The fraction of sp³-hybridized carbons (Fsp3) is 0.273. The average molecular weight is 217 g/mol. The summed E-state index contributed by atoms with van der Waals surface area (Å²) in [7, 11) is 0. The molecule has 2 aromatic heterocycles. The Morgan fingerprint density at radius 2 is 2.25 bits per heavy atom. The highest BCUT2D eigenvalue weighted by molar-refractivity contribution is 5.51. The maximum absolute atomic E-state index is 5.71. The van der Waals surface area contributed by atoms with E-state index in [1.165, 1.54) is 0 Å². The minimum atomic E-state index is 0.161. The Bertz CT molecular complexity index is 463. The van der Waals surface area contributed by atoms with E-state index in [9.17, 15) is 0 Å². The molecule has 0 spiro atoms. The number of hydrogen-bond donors (Lipinski definition) is 3.